The number of nitrogens with zero attached hydrogens (tertiary/aromatic N) is 2. The molecule has 2 rings (SSSR count). The Morgan fingerprint density at radius 2 is 1.83 bits per heavy atom. The summed E-state index contributed by atoms with van der Waals surface area (Å²) in [5.41, 5.74) is 6.62. The standard InChI is InChI=1S/C12H15N3O2S/c1-16-9-4-3-8(5-10(9)17-2)6-11-14-15-12(7-13)18-11/h3-5H,6-7,13H2,1-2H3. The predicted molar refractivity (Wildman–Crippen MR) is 70.2 cm³/mol. The molecular weight excluding hydrogens is 250 g/mol. The van der Waals surface area contributed by atoms with Crippen molar-refractivity contribution in [2.45, 2.75) is 13.0 Å². The lowest BCUT2D eigenvalue weighted by molar-refractivity contribution is 0.354. The second-order valence-corrected chi connectivity index (χ2v) is 4.81. The Morgan fingerprint density at radius 3 is 2.44 bits per heavy atom. The average Bonchev–Trinajstić information content (AvgIpc) is 2.86. The normalized spacial score (nSPS) is 10.4. The highest BCUT2D eigenvalue weighted by Crippen LogP contribution is 2.28. The lowest BCUT2D eigenvalue weighted by Crippen LogP contribution is -1.94. The van der Waals surface area contributed by atoms with Gasteiger partial charge in [0, 0.05) is 13.0 Å². The van der Waals surface area contributed by atoms with Crippen molar-refractivity contribution in [3.8, 4) is 11.5 Å². The van der Waals surface area contributed by atoms with Crippen LogP contribution in [0, 0.1) is 0 Å². The minimum absolute atomic E-state index is 0.434. The fraction of sp³-hybridized carbons (Fsp3) is 0.333. The van der Waals surface area contributed by atoms with Crippen LogP contribution in [0.15, 0.2) is 18.2 Å². The van der Waals surface area contributed by atoms with Crippen LogP contribution in [0.5, 0.6) is 11.5 Å². The van der Waals surface area contributed by atoms with Gasteiger partial charge in [0.25, 0.3) is 0 Å². The van der Waals surface area contributed by atoms with Gasteiger partial charge in [-0.2, -0.15) is 0 Å². The summed E-state index contributed by atoms with van der Waals surface area (Å²) in [5.74, 6) is 1.44. The predicted octanol–water partition coefficient (Wildman–Crippen LogP) is 1.60. The second-order valence-electron chi connectivity index (χ2n) is 3.66. The van der Waals surface area contributed by atoms with E-state index in [0.717, 1.165) is 33.5 Å². The van der Waals surface area contributed by atoms with Gasteiger partial charge in [0.15, 0.2) is 11.5 Å². The molecule has 0 saturated heterocycles. The Morgan fingerprint density at radius 1 is 1.11 bits per heavy atom. The molecule has 1 aromatic heterocycles. The minimum atomic E-state index is 0.434. The topological polar surface area (TPSA) is 70.3 Å². The van der Waals surface area contributed by atoms with Gasteiger partial charge in [0.2, 0.25) is 0 Å². The van der Waals surface area contributed by atoms with Crippen LogP contribution in [-0.4, -0.2) is 24.4 Å². The lowest BCUT2D eigenvalue weighted by Gasteiger charge is -2.08. The lowest BCUT2D eigenvalue weighted by atomic mass is 10.1. The largest absolute Gasteiger partial charge is 0.493 e. The minimum Gasteiger partial charge on any atom is -0.493 e. The number of nitrogens with two attached hydrogens (primary N) is 1. The SMILES string of the molecule is COc1ccc(Cc2nnc(CN)s2)cc1OC. The van der Waals surface area contributed by atoms with Crippen LogP contribution in [0.2, 0.25) is 0 Å². The average molecular weight is 265 g/mol. The second kappa shape index (κ2) is 5.79. The van der Waals surface area contributed by atoms with Crippen LogP contribution >= 0.6 is 11.3 Å². The first-order chi connectivity index (χ1) is 8.76. The van der Waals surface area contributed by atoms with Gasteiger partial charge < -0.3 is 15.2 Å². The monoisotopic (exact) mass is 265 g/mol. The molecule has 2 N–H and O–H groups in total. The fourth-order valence-corrected chi connectivity index (χ4v) is 2.36. The maximum Gasteiger partial charge on any atom is 0.160 e. The van der Waals surface area contributed by atoms with Crippen molar-refractivity contribution in [2.24, 2.45) is 5.73 Å². The van der Waals surface area contributed by atoms with E-state index in [1.54, 1.807) is 14.2 Å². The molecule has 0 spiro atoms. The molecule has 0 radical (unpaired) electrons. The van der Waals surface area contributed by atoms with Crippen LogP contribution in [0.4, 0.5) is 0 Å². The Labute approximate surface area is 110 Å². The highest BCUT2D eigenvalue weighted by molar-refractivity contribution is 7.11. The molecule has 0 atom stereocenters. The molecule has 0 saturated carbocycles. The number of ether oxygens (including phenoxy) is 2. The van der Waals surface area contributed by atoms with Crippen molar-refractivity contribution in [1.82, 2.24) is 10.2 Å². The zero-order chi connectivity index (χ0) is 13.0. The number of methoxy groups -OCH3 is 2. The Balaban J connectivity index is 2.18. The van der Waals surface area contributed by atoms with Crippen molar-refractivity contribution in [3.05, 3.63) is 33.8 Å². The van der Waals surface area contributed by atoms with Gasteiger partial charge in [-0.1, -0.05) is 17.4 Å². The quantitative estimate of drug-likeness (QED) is 0.889. The number of rotatable bonds is 5. The van der Waals surface area contributed by atoms with Crippen molar-refractivity contribution < 1.29 is 9.47 Å². The zero-order valence-electron chi connectivity index (χ0n) is 10.3. The van der Waals surface area contributed by atoms with Crippen LogP contribution in [-0.2, 0) is 13.0 Å². The van der Waals surface area contributed by atoms with Gasteiger partial charge in [0.1, 0.15) is 10.0 Å². The molecule has 0 aliphatic heterocycles. The molecule has 6 heteroatoms. The smallest absolute Gasteiger partial charge is 0.160 e. The summed E-state index contributed by atoms with van der Waals surface area (Å²) in [7, 11) is 3.24. The van der Waals surface area contributed by atoms with Gasteiger partial charge in [-0.15, -0.1) is 10.2 Å². The number of benzene rings is 1. The highest BCUT2D eigenvalue weighted by Gasteiger charge is 2.08. The molecule has 0 fully saturated rings. The molecule has 96 valence electrons. The molecule has 1 aromatic carbocycles. The third kappa shape index (κ3) is 2.77. The summed E-state index contributed by atoms with van der Waals surface area (Å²) in [6, 6.07) is 5.83. The van der Waals surface area contributed by atoms with Gasteiger partial charge in [-0.05, 0) is 17.7 Å². The molecule has 0 aliphatic carbocycles. The van der Waals surface area contributed by atoms with E-state index in [-0.39, 0.29) is 0 Å². The summed E-state index contributed by atoms with van der Waals surface area (Å²) < 4.78 is 10.5. The van der Waals surface area contributed by atoms with Crippen LogP contribution in [0.3, 0.4) is 0 Å². The Kier molecular flexibility index (Phi) is 4.11. The summed E-state index contributed by atoms with van der Waals surface area (Å²) >= 11 is 1.53. The third-order valence-corrected chi connectivity index (χ3v) is 3.43. The maximum atomic E-state index is 5.51. The zero-order valence-corrected chi connectivity index (χ0v) is 11.2. The van der Waals surface area contributed by atoms with Gasteiger partial charge in [0.05, 0.1) is 14.2 Å². The number of aromatic nitrogens is 2. The molecule has 0 amide bonds. The van der Waals surface area contributed by atoms with E-state index in [2.05, 4.69) is 10.2 Å². The molecule has 18 heavy (non-hydrogen) atoms. The summed E-state index contributed by atoms with van der Waals surface area (Å²) in [6.45, 7) is 0.434. The van der Waals surface area contributed by atoms with Crippen molar-refractivity contribution in [2.75, 3.05) is 14.2 Å². The van der Waals surface area contributed by atoms with Crippen LogP contribution in [0.1, 0.15) is 15.6 Å². The Bertz CT molecular complexity index is 528. The number of hydrogen-bond donors (Lipinski definition) is 1. The summed E-state index contributed by atoms with van der Waals surface area (Å²) in [5, 5.41) is 9.89. The van der Waals surface area contributed by atoms with Crippen molar-refractivity contribution >= 4 is 11.3 Å². The van der Waals surface area contributed by atoms with Crippen LogP contribution in [0.25, 0.3) is 0 Å². The summed E-state index contributed by atoms with van der Waals surface area (Å²) in [6.07, 6.45) is 0.720. The molecule has 0 unspecified atom stereocenters. The fourth-order valence-electron chi connectivity index (χ4n) is 1.61. The van der Waals surface area contributed by atoms with Crippen molar-refractivity contribution in [3.63, 3.8) is 0 Å². The van der Waals surface area contributed by atoms with E-state index in [1.165, 1.54) is 11.3 Å². The molecule has 0 bridgehead atoms. The number of hydrogen-bond acceptors (Lipinski definition) is 6. The van der Waals surface area contributed by atoms with E-state index in [9.17, 15) is 0 Å². The van der Waals surface area contributed by atoms with E-state index in [1.807, 2.05) is 18.2 Å². The molecule has 2 aromatic rings. The highest BCUT2D eigenvalue weighted by atomic mass is 32.1. The maximum absolute atomic E-state index is 5.51. The first-order valence-electron chi connectivity index (χ1n) is 5.49. The van der Waals surface area contributed by atoms with Crippen LogP contribution < -0.4 is 15.2 Å². The van der Waals surface area contributed by atoms with E-state index in [4.69, 9.17) is 15.2 Å². The molecule has 5 nitrogen and oxygen atoms in total. The van der Waals surface area contributed by atoms with E-state index >= 15 is 0 Å². The van der Waals surface area contributed by atoms with E-state index < -0.39 is 0 Å². The summed E-state index contributed by atoms with van der Waals surface area (Å²) in [4.78, 5) is 0. The first-order valence-corrected chi connectivity index (χ1v) is 6.30. The van der Waals surface area contributed by atoms with Gasteiger partial charge >= 0.3 is 0 Å². The van der Waals surface area contributed by atoms with Gasteiger partial charge in [-0.25, -0.2) is 0 Å². The van der Waals surface area contributed by atoms with Gasteiger partial charge in [-0.3, -0.25) is 0 Å². The van der Waals surface area contributed by atoms with Crippen molar-refractivity contribution in [1.29, 1.82) is 0 Å². The molecular formula is C12H15N3O2S. The molecule has 0 aliphatic rings. The first kappa shape index (κ1) is 12.8. The van der Waals surface area contributed by atoms with E-state index in [0.29, 0.717) is 6.54 Å². The third-order valence-electron chi connectivity index (χ3n) is 2.49. The Hall–Kier alpha value is -1.66. The molecule has 1 heterocycles.